The number of piperazine rings is 1. The number of rotatable bonds is 5. The number of amides is 1. The second-order valence-corrected chi connectivity index (χ2v) is 9.04. The molecule has 34 heavy (non-hydrogen) atoms. The maximum atomic E-state index is 13.1. The first-order valence-electron chi connectivity index (χ1n) is 10.4. The summed E-state index contributed by atoms with van der Waals surface area (Å²) in [4.78, 5) is 34.0. The molecule has 0 unspecified atom stereocenters. The monoisotopic (exact) mass is 493 g/mol. The highest BCUT2D eigenvalue weighted by Crippen LogP contribution is 2.37. The lowest BCUT2D eigenvalue weighted by Crippen LogP contribution is -2.47. The van der Waals surface area contributed by atoms with Crippen LogP contribution in [-0.4, -0.2) is 73.7 Å². The molecule has 1 aliphatic rings. The minimum atomic E-state index is -4.42. The molecule has 0 spiro atoms. The van der Waals surface area contributed by atoms with Crippen molar-refractivity contribution in [3.63, 3.8) is 0 Å². The number of alkyl halides is 3. The van der Waals surface area contributed by atoms with Gasteiger partial charge in [-0.2, -0.15) is 13.2 Å². The Morgan fingerprint density at radius 3 is 2.44 bits per heavy atom. The molecule has 2 aromatic heterocycles. The molecule has 1 N–H and O–H groups in total. The minimum Gasteiger partial charge on any atom is -0.493 e. The number of pyridine rings is 1. The third-order valence-corrected chi connectivity index (χ3v) is 6.28. The van der Waals surface area contributed by atoms with Gasteiger partial charge in [0, 0.05) is 43.5 Å². The molecular formula is C22H22F3N5O3S. The van der Waals surface area contributed by atoms with Gasteiger partial charge >= 0.3 is 11.2 Å². The molecular weight excluding hydrogens is 471 g/mol. The fourth-order valence-electron chi connectivity index (χ4n) is 3.75. The van der Waals surface area contributed by atoms with Crippen LogP contribution in [0.3, 0.4) is 0 Å². The molecule has 3 heterocycles. The van der Waals surface area contributed by atoms with Crippen LogP contribution in [0.25, 0.3) is 5.69 Å². The number of carbonyl (C=O) groups excluding carboxylic acids is 1. The maximum absolute atomic E-state index is 13.1. The van der Waals surface area contributed by atoms with Crippen molar-refractivity contribution in [1.82, 2.24) is 23.9 Å². The molecule has 8 nitrogen and oxygen atoms in total. The Bertz CT molecular complexity index is 1230. The Morgan fingerprint density at radius 1 is 1.12 bits per heavy atom. The Hall–Kier alpha value is -3.25. The number of aromatic hydroxyl groups is 1. The number of carbonyl (C=O) groups is 1. The SMILES string of the molecule is CN1CCN(C(=O)c2cnccc2Cn2cc(O)n(-c3ccc(SC(F)(F)F)cc3)c2=O)CC1. The third kappa shape index (κ3) is 5.28. The van der Waals surface area contributed by atoms with Crippen LogP contribution >= 0.6 is 11.8 Å². The van der Waals surface area contributed by atoms with E-state index in [0.717, 1.165) is 17.7 Å². The van der Waals surface area contributed by atoms with E-state index in [2.05, 4.69) is 9.88 Å². The number of thioether (sulfide) groups is 1. The standard InChI is InChI=1S/C22H22F3N5O3S/c1-27-8-10-28(11-9-27)20(32)18-12-26-7-6-15(18)13-29-14-19(31)30(21(29)33)16-2-4-17(5-3-16)34-22(23,24)25/h2-7,12,14,31H,8-11,13H2,1H3. The number of hydrogen-bond donors (Lipinski definition) is 1. The summed E-state index contributed by atoms with van der Waals surface area (Å²) >= 11 is -0.263. The summed E-state index contributed by atoms with van der Waals surface area (Å²) < 4.78 is 39.9. The van der Waals surface area contributed by atoms with E-state index in [-0.39, 0.29) is 40.7 Å². The molecule has 1 amide bonds. The number of aromatic nitrogens is 3. The van der Waals surface area contributed by atoms with Gasteiger partial charge in [-0.3, -0.25) is 14.3 Å². The quantitative estimate of drug-likeness (QED) is 0.551. The summed E-state index contributed by atoms with van der Waals surface area (Å²) in [6.07, 6.45) is 4.22. The van der Waals surface area contributed by atoms with Gasteiger partial charge in [-0.1, -0.05) is 0 Å². The largest absolute Gasteiger partial charge is 0.493 e. The Labute approximate surface area is 197 Å². The molecule has 0 radical (unpaired) electrons. The number of likely N-dealkylation sites (N-methyl/N-ethyl adjacent to an activating group) is 1. The predicted octanol–water partition coefficient (Wildman–Crippen LogP) is 2.79. The highest BCUT2D eigenvalue weighted by molar-refractivity contribution is 8.00. The zero-order chi connectivity index (χ0) is 24.5. The normalized spacial score (nSPS) is 15.0. The Morgan fingerprint density at radius 2 is 1.79 bits per heavy atom. The van der Waals surface area contributed by atoms with Crippen molar-refractivity contribution in [1.29, 1.82) is 0 Å². The summed E-state index contributed by atoms with van der Waals surface area (Å²) in [5.41, 5.74) is -3.86. The summed E-state index contributed by atoms with van der Waals surface area (Å²) in [6, 6.07) is 6.76. The smallest absolute Gasteiger partial charge is 0.446 e. The average molecular weight is 494 g/mol. The summed E-state index contributed by atoms with van der Waals surface area (Å²) in [5.74, 6) is -0.548. The van der Waals surface area contributed by atoms with Gasteiger partial charge in [0.2, 0.25) is 5.88 Å². The molecule has 0 atom stereocenters. The fourth-order valence-corrected chi connectivity index (χ4v) is 4.29. The fraction of sp³-hybridized carbons (Fsp3) is 0.318. The van der Waals surface area contributed by atoms with Gasteiger partial charge in [-0.15, -0.1) is 0 Å². The van der Waals surface area contributed by atoms with E-state index in [1.54, 1.807) is 11.0 Å². The van der Waals surface area contributed by atoms with E-state index in [0.29, 0.717) is 24.2 Å². The lowest BCUT2D eigenvalue weighted by atomic mass is 10.1. The highest BCUT2D eigenvalue weighted by Gasteiger charge is 2.29. The molecule has 12 heteroatoms. The van der Waals surface area contributed by atoms with E-state index in [1.807, 2.05) is 7.05 Å². The van der Waals surface area contributed by atoms with Gasteiger partial charge in [0.15, 0.2) is 0 Å². The zero-order valence-electron chi connectivity index (χ0n) is 18.2. The number of imidazole rings is 1. The number of nitrogens with zero attached hydrogens (tertiary/aromatic N) is 5. The Balaban J connectivity index is 1.58. The van der Waals surface area contributed by atoms with Crippen molar-refractivity contribution in [3.8, 4) is 11.6 Å². The first kappa shape index (κ1) is 23.9. The predicted molar refractivity (Wildman–Crippen MR) is 120 cm³/mol. The summed E-state index contributed by atoms with van der Waals surface area (Å²) in [5, 5.41) is 10.4. The molecule has 0 aliphatic carbocycles. The Kier molecular flexibility index (Phi) is 6.71. The van der Waals surface area contributed by atoms with Gasteiger partial charge in [-0.05, 0) is 54.7 Å². The lowest BCUT2D eigenvalue weighted by molar-refractivity contribution is -0.0328. The second-order valence-electron chi connectivity index (χ2n) is 7.90. The van der Waals surface area contributed by atoms with E-state index in [4.69, 9.17) is 0 Å². The van der Waals surface area contributed by atoms with Crippen LogP contribution in [0.1, 0.15) is 15.9 Å². The maximum Gasteiger partial charge on any atom is 0.446 e. The molecule has 180 valence electrons. The highest BCUT2D eigenvalue weighted by atomic mass is 32.2. The van der Waals surface area contributed by atoms with Crippen LogP contribution in [0, 0.1) is 0 Å². The number of benzene rings is 1. The topological polar surface area (TPSA) is 83.6 Å². The second kappa shape index (κ2) is 9.55. The van der Waals surface area contributed by atoms with Crippen LogP contribution in [0.5, 0.6) is 5.88 Å². The van der Waals surface area contributed by atoms with Gasteiger partial charge in [-0.25, -0.2) is 9.36 Å². The van der Waals surface area contributed by atoms with E-state index < -0.39 is 11.2 Å². The van der Waals surface area contributed by atoms with Crippen LogP contribution in [0.4, 0.5) is 13.2 Å². The first-order valence-corrected chi connectivity index (χ1v) is 11.2. The molecule has 1 fully saturated rings. The average Bonchev–Trinajstić information content (AvgIpc) is 3.06. The van der Waals surface area contributed by atoms with Crippen molar-refractivity contribution < 1.29 is 23.1 Å². The molecule has 3 aromatic rings. The van der Waals surface area contributed by atoms with Gasteiger partial charge in [0.1, 0.15) is 0 Å². The van der Waals surface area contributed by atoms with E-state index in [9.17, 15) is 27.9 Å². The van der Waals surface area contributed by atoms with Crippen molar-refractivity contribution in [2.75, 3.05) is 33.2 Å². The van der Waals surface area contributed by atoms with Crippen molar-refractivity contribution in [2.45, 2.75) is 16.9 Å². The third-order valence-electron chi connectivity index (χ3n) is 5.54. The van der Waals surface area contributed by atoms with E-state index >= 15 is 0 Å². The van der Waals surface area contributed by atoms with Crippen molar-refractivity contribution in [3.05, 3.63) is 70.5 Å². The molecule has 0 bridgehead atoms. The number of hydrogen-bond acceptors (Lipinski definition) is 6. The molecule has 0 saturated carbocycles. The minimum absolute atomic E-state index is 0.0126. The molecule has 1 aromatic carbocycles. The van der Waals surface area contributed by atoms with Crippen LogP contribution in [-0.2, 0) is 6.54 Å². The molecule has 1 aliphatic heterocycles. The van der Waals surface area contributed by atoms with Crippen LogP contribution < -0.4 is 5.69 Å². The van der Waals surface area contributed by atoms with Crippen LogP contribution in [0.15, 0.2) is 58.6 Å². The van der Waals surface area contributed by atoms with Gasteiger partial charge < -0.3 is 14.9 Å². The summed E-state index contributed by atoms with van der Waals surface area (Å²) in [6.45, 7) is 2.71. The van der Waals surface area contributed by atoms with Crippen LogP contribution in [0.2, 0.25) is 0 Å². The van der Waals surface area contributed by atoms with Crippen molar-refractivity contribution >= 4 is 17.7 Å². The molecule has 4 rings (SSSR count). The van der Waals surface area contributed by atoms with Gasteiger partial charge in [0.05, 0.1) is 24.0 Å². The van der Waals surface area contributed by atoms with Gasteiger partial charge in [0.25, 0.3) is 5.91 Å². The van der Waals surface area contributed by atoms with E-state index in [1.165, 1.54) is 47.4 Å². The molecule has 1 saturated heterocycles. The first-order chi connectivity index (χ1) is 16.1. The lowest BCUT2D eigenvalue weighted by Gasteiger charge is -2.32. The summed E-state index contributed by atoms with van der Waals surface area (Å²) in [7, 11) is 1.99. The zero-order valence-corrected chi connectivity index (χ0v) is 19.0. The number of halogens is 3. The van der Waals surface area contributed by atoms with Crippen molar-refractivity contribution in [2.24, 2.45) is 0 Å².